The van der Waals surface area contributed by atoms with Crippen LogP contribution in [0.15, 0.2) is 55.0 Å². The third kappa shape index (κ3) is 4.11. The van der Waals surface area contributed by atoms with E-state index >= 15 is 0 Å². The summed E-state index contributed by atoms with van der Waals surface area (Å²) < 4.78 is 0. The number of benzene rings is 1. The number of hydrogen-bond donors (Lipinski definition) is 1. The smallest absolute Gasteiger partial charge is 0.135 e. The molecule has 0 bridgehead atoms. The van der Waals surface area contributed by atoms with E-state index in [9.17, 15) is 0 Å². The number of halogens is 1. The topological polar surface area (TPSA) is 57.2 Å². The molecule has 0 atom stereocenters. The van der Waals surface area contributed by atoms with Gasteiger partial charge in [0.1, 0.15) is 23.8 Å². The fourth-order valence-corrected chi connectivity index (χ4v) is 3.29. The Kier molecular flexibility index (Phi) is 5.07. The second-order valence-electron chi connectivity index (χ2n) is 6.51. The van der Waals surface area contributed by atoms with E-state index in [1.54, 1.807) is 6.33 Å². The molecule has 0 radical (unpaired) electrons. The van der Waals surface area contributed by atoms with Crippen molar-refractivity contribution >= 4 is 34.7 Å². The van der Waals surface area contributed by atoms with Crippen molar-refractivity contribution in [3.8, 4) is 0 Å². The summed E-state index contributed by atoms with van der Waals surface area (Å²) in [4.78, 5) is 17.8. The van der Waals surface area contributed by atoms with Gasteiger partial charge in [-0.25, -0.2) is 15.0 Å². The Morgan fingerprint density at radius 1 is 0.889 bits per heavy atom. The van der Waals surface area contributed by atoms with Gasteiger partial charge in [0.15, 0.2) is 0 Å². The van der Waals surface area contributed by atoms with Crippen molar-refractivity contribution < 1.29 is 0 Å². The molecule has 1 fully saturated rings. The maximum absolute atomic E-state index is 6.21. The average molecular weight is 381 g/mol. The number of nitrogens with one attached hydrogen (secondary N) is 1. The summed E-state index contributed by atoms with van der Waals surface area (Å²) in [6, 6.07) is 13.9. The minimum atomic E-state index is 0.736. The molecule has 0 saturated carbocycles. The van der Waals surface area contributed by atoms with Crippen LogP contribution >= 0.6 is 11.6 Å². The van der Waals surface area contributed by atoms with E-state index in [1.807, 2.05) is 49.5 Å². The van der Waals surface area contributed by atoms with Gasteiger partial charge in [0.05, 0.1) is 0 Å². The molecule has 1 saturated heterocycles. The number of piperazine rings is 1. The maximum atomic E-state index is 6.21. The van der Waals surface area contributed by atoms with Gasteiger partial charge >= 0.3 is 0 Å². The highest BCUT2D eigenvalue weighted by molar-refractivity contribution is 6.31. The van der Waals surface area contributed by atoms with Gasteiger partial charge in [-0.15, -0.1) is 0 Å². The van der Waals surface area contributed by atoms with Crippen molar-refractivity contribution in [3.05, 3.63) is 65.6 Å². The van der Waals surface area contributed by atoms with Crippen molar-refractivity contribution in [1.82, 2.24) is 15.0 Å². The lowest BCUT2D eigenvalue weighted by Gasteiger charge is -2.36. The first-order chi connectivity index (χ1) is 13.2. The van der Waals surface area contributed by atoms with E-state index in [0.29, 0.717) is 0 Å². The van der Waals surface area contributed by atoms with Crippen molar-refractivity contribution in [1.29, 1.82) is 0 Å². The Labute approximate surface area is 163 Å². The number of nitrogens with zero attached hydrogens (tertiary/aromatic N) is 5. The van der Waals surface area contributed by atoms with E-state index in [1.165, 1.54) is 0 Å². The summed E-state index contributed by atoms with van der Waals surface area (Å²) in [5.74, 6) is 2.71. The molecule has 2 aromatic heterocycles. The second-order valence-corrected chi connectivity index (χ2v) is 6.92. The predicted molar refractivity (Wildman–Crippen MR) is 110 cm³/mol. The summed E-state index contributed by atoms with van der Waals surface area (Å²) in [6.45, 7) is 5.60. The molecule has 1 aliphatic heterocycles. The molecule has 1 aliphatic rings. The van der Waals surface area contributed by atoms with Crippen LogP contribution in [-0.4, -0.2) is 41.1 Å². The van der Waals surface area contributed by atoms with Crippen molar-refractivity contribution in [2.24, 2.45) is 0 Å². The molecule has 138 valence electrons. The number of aryl methyl sites for hydroxylation is 1. The highest BCUT2D eigenvalue weighted by Gasteiger charge is 2.19. The van der Waals surface area contributed by atoms with E-state index in [0.717, 1.165) is 59.9 Å². The zero-order valence-corrected chi connectivity index (χ0v) is 15.9. The number of hydrogen-bond acceptors (Lipinski definition) is 6. The summed E-state index contributed by atoms with van der Waals surface area (Å²) in [5.41, 5.74) is 1.96. The van der Waals surface area contributed by atoms with Gasteiger partial charge in [-0.1, -0.05) is 23.7 Å². The minimum absolute atomic E-state index is 0.736. The lowest BCUT2D eigenvalue weighted by atomic mass is 10.2. The molecule has 0 unspecified atom stereocenters. The van der Waals surface area contributed by atoms with Gasteiger partial charge in [0, 0.05) is 49.2 Å². The molecule has 27 heavy (non-hydrogen) atoms. The Morgan fingerprint density at radius 2 is 1.67 bits per heavy atom. The summed E-state index contributed by atoms with van der Waals surface area (Å²) in [7, 11) is 0. The lowest BCUT2D eigenvalue weighted by Crippen LogP contribution is -2.47. The van der Waals surface area contributed by atoms with Crippen LogP contribution in [-0.2, 0) is 0 Å². The van der Waals surface area contributed by atoms with Gasteiger partial charge < -0.3 is 15.1 Å². The van der Waals surface area contributed by atoms with Crippen LogP contribution in [0.1, 0.15) is 5.56 Å². The fourth-order valence-electron chi connectivity index (χ4n) is 3.11. The standard InChI is InChI=1S/C20H21ClN6/c1-15-5-6-16(12-17(15)21)25-18-13-20(24-14-23-18)27-10-8-26(9-11-27)19-4-2-3-7-22-19/h2-7,12-14H,8-11H2,1H3,(H,23,24,25). The van der Waals surface area contributed by atoms with E-state index in [-0.39, 0.29) is 0 Å². The fraction of sp³-hybridized carbons (Fsp3) is 0.250. The molecule has 3 heterocycles. The monoisotopic (exact) mass is 380 g/mol. The van der Waals surface area contributed by atoms with Crippen LogP contribution in [0.5, 0.6) is 0 Å². The van der Waals surface area contributed by atoms with Crippen LogP contribution in [0.25, 0.3) is 0 Å². The lowest BCUT2D eigenvalue weighted by molar-refractivity contribution is 0.641. The molecule has 0 spiro atoms. The molecule has 0 amide bonds. The van der Waals surface area contributed by atoms with E-state index in [2.05, 4.69) is 36.1 Å². The molecular formula is C20H21ClN6. The van der Waals surface area contributed by atoms with E-state index < -0.39 is 0 Å². The predicted octanol–water partition coefficient (Wildman–Crippen LogP) is 3.90. The zero-order valence-electron chi connectivity index (χ0n) is 15.1. The Balaban J connectivity index is 1.43. The molecule has 4 rings (SSSR count). The number of rotatable bonds is 4. The first kappa shape index (κ1) is 17.5. The van der Waals surface area contributed by atoms with Crippen LogP contribution in [0.2, 0.25) is 5.02 Å². The van der Waals surface area contributed by atoms with Gasteiger partial charge in [-0.05, 0) is 36.8 Å². The van der Waals surface area contributed by atoms with Crippen LogP contribution in [0.3, 0.4) is 0 Å². The quantitative estimate of drug-likeness (QED) is 0.740. The third-order valence-electron chi connectivity index (χ3n) is 4.67. The molecule has 3 aromatic rings. The molecule has 1 aromatic carbocycles. The van der Waals surface area contributed by atoms with Crippen molar-refractivity contribution in [2.45, 2.75) is 6.92 Å². The molecular weight excluding hydrogens is 360 g/mol. The molecule has 0 aliphatic carbocycles. The second kappa shape index (κ2) is 7.80. The third-order valence-corrected chi connectivity index (χ3v) is 5.08. The molecule has 1 N–H and O–H groups in total. The van der Waals surface area contributed by atoms with Gasteiger partial charge in [-0.2, -0.15) is 0 Å². The first-order valence-electron chi connectivity index (χ1n) is 8.95. The SMILES string of the molecule is Cc1ccc(Nc2cc(N3CCN(c4ccccn4)CC3)ncn2)cc1Cl. The Hall–Kier alpha value is -2.86. The normalized spacial score (nSPS) is 14.3. The highest BCUT2D eigenvalue weighted by atomic mass is 35.5. The molecule has 7 heteroatoms. The number of aromatic nitrogens is 3. The number of anilines is 4. The van der Waals surface area contributed by atoms with Gasteiger partial charge in [0.2, 0.25) is 0 Å². The highest BCUT2D eigenvalue weighted by Crippen LogP contribution is 2.24. The van der Waals surface area contributed by atoms with Crippen LogP contribution < -0.4 is 15.1 Å². The molecule has 6 nitrogen and oxygen atoms in total. The van der Waals surface area contributed by atoms with Crippen LogP contribution in [0.4, 0.5) is 23.1 Å². The minimum Gasteiger partial charge on any atom is -0.353 e. The zero-order chi connectivity index (χ0) is 18.6. The van der Waals surface area contributed by atoms with Crippen LogP contribution in [0, 0.1) is 6.92 Å². The Bertz CT molecular complexity index is 909. The van der Waals surface area contributed by atoms with Crippen molar-refractivity contribution in [3.63, 3.8) is 0 Å². The average Bonchev–Trinajstić information content (AvgIpc) is 2.72. The summed E-state index contributed by atoms with van der Waals surface area (Å²) >= 11 is 6.21. The largest absolute Gasteiger partial charge is 0.353 e. The van der Waals surface area contributed by atoms with Crippen molar-refractivity contribution in [2.75, 3.05) is 41.3 Å². The van der Waals surface area contributed by atoms with Gasteiger partial charge in [0.25, 0.3) is 0 Å². The Morgan fingerprint density at radius 3 is 2.37 bits per heavy atom. The summed E-state index contributed by atoms with van der Waals surface area (Å²) in [6.07, 6.45) is 3.43. The van der Waals surface area contributed by atoms with Gasteiger partial charge in [-0.3, -0.25) is 0 Å². The number of pyridine rings is 1. The van der Waals surface area contributed by atoms with E-state index in [4.69, 9.17) is 11.6 Å². The first-order valence-corrected chi connectivity index (χ1v) is 9.33. The summed E-state index contributed by atoms with van der Waals surface area (Å²) in [5, 5.41) is 4.04. The maximum Gasteiger partial charge on any atom is 0.135 e.